The first kappa shape index (κ1) is 12.7. The third-order valence-electron chi connectivity index (χ3n) is 4.52. The normalized spacial score (nSPS) is 18.9. The van der Waals surface area contributed by atoms with Crippen LogP contribution >= 0.6 is 0 Å². The van der Waals surface area contributed by atoms with Crippen LogP contribution in [0, 0.1) is 5.92 Å². The molecule has 2 heteroatoms. The van der Waals surface area contributed by atoms with Crippen molar-refractivity contribution in [3.8, 4) is 5.75 Å². The number of carbonyl (C=O) groups is 1. The summed E-state index contributed by atoms with van der Waals surface area (Å²) < 4.78 is 5.62. The van der Waals surface area contributed by atoms with Gasteiger partial charge in [0.25, 0.3) is 0 Å². The van der Waals surface area contributed by atoms with Crippen LogP contribution in [-0.2, 0) is 6.42 Å². The molecular formula is C17H22O2. The largest absolute Gasteiger partial charge is 0.492 e. The second kappa shape index (κ2) is 5.77. The highest BCUT2D eigenvalue weighted by molar-refractivity contribution is 5.99. The fourth-order valence-electron chi connectivity index (χ4n) is 3.38. The minimum atomic E-state index is 0.268. The average molecular weight is 258 g/mol. The zero-order valence-electron chi connectivity index (χ0n) is 11.5. The van der Waals surface area contributed by atoms with Crippen LogP contribution in [0.2, 0.25) is 0 Å². The van der Waals surface area contributed by atoms with Crippen molar-refractivity contribution in [2.45, 2.75) is 51.4 Å². The fraction of sp³-hybridized carbons (Fsp3) is 0.588. The van der Waals surface area contributed by atoms with Gasteiger partial charge in [-0.05, 0) is 24.0 Å². The number of rotatable bonds is 4. The fourth-order valence-corrected chi connectivity index (χ4v) is 3.38. The van der Waals surface area contributed by atoms with E-state index in [0.717, 1.165) is 36.7 Å². The van der Waals surface area contributed by atoms with Gasteiger partial charge in [-0.25, -0.2) is 0 Å². The Morgan fingerprint density at radius 2 is 2.05 bits per heavy atom. The number of hydrogen-bond acceptors (Lipinski definition) is 2. The molecule has 2 aliphatic rings. The number of para-hydroxylation sites is 1. The van der Waals surface area contributed by atoms with Crippen LogP contribution in [0.5, 0.6) is 5.75 Å². The van der Waals surface area contributed by atoms with Gasteiger partial charge in [0.2, 0.25) is 0 Å². The van der Waals surface area contributed by atoms with E-state index in [4.69, 9.17) is 4.74 Å². The van der Waals surface area contributed by atoms with Crippen LogP contribution in [-0.4, -0.2) is 12.4 Å². The number of fused-ring (bicyclic) bond motifs is 1. The molecule has 1 fully saturated rings. The molecule has 1 aliphatic carbocycles. The van der Waals surface area contributed by atoms with Crippen molar-refractivity contribution < 1.29 is 9.53 Å². The predicted octanol–water partition coefficient (Wildman–Crippen LogP) is 4.16. The molecule has 1 aliphatic heterocycles. The molecule has 0 unspecified atom stereocenters. The highest BCUT2D eigenvalue weighted by Gasteiger charge is 2.21. The van der Waals surface area contributed by atoms with Crippen LogP contribution in [0.15, 0.2) is 18.2 Å². The van der Waals surface area contributed by atoms with Gasteiger partial charge in [-0.1, -0.05) is 44.2 Å². The van der Waals surface area contributed by atoms with Crippen molar-refractivity contribution in [3.63, 3.8) is 0 Å². The molecule has 1 aromatic carbocycles. The lowest BCUT2D eigenvalue weighted by atomic mass is 9.85. The zero-order chi connectivity index (χ0) is 13.1. The van der Waals surface area contributed by atoms with Crippen LogP contribution in [0.1, 0.15) is 60.9 Å². The molecule has 1 saturated carbocycles. The van der Waals surface area contributed by atoms with Crippen LogP contribution < -0.4 is 4.74 Å². The standard InChI is InChI=1S/C17H22O2/c18-16(10-9-13-5-2-1-3-6-13)15-8-4-7-14-11-12-19-17(14)15/h4,7-8,13H,1-3,5-6,9-12H2. The van der Waals surface area contributed by atoms with Gasteiger partial charge >= 0.3 is 0 Å². The molecule has 0 bridgehead atoms. The van der Waals surface area contributed by atoms with E-state index in [1.165, 1.54) is 37.7 Å². The number of ketones is 1. The van der Waals surface area contributed by atoms with Gasteiger partial charge in [0.1, 0.15) is 5.75 Å². The van der Waals surface area contributed by atoms with Gasteiger partial charge in [-0.15, -0.1) is 0 Å². The first-order chi connectivity index (χ1) is 9.34. The lowest BCUT2D eigenvalue weighted by Crippen LogP contribution is -2.09. The van der Waals surface area contributed by atoms with Crippen molar-refractivity contribution in [2.75, 3.05) is 6.61 Å². The van der Waals surface area contributed by atoms with E-state index in [2.05, 4.69) is 6.07 Å². The third-order valence-corrected chi connectivity index (χ3v) is 4.52. The Morgan fingerprint density at radius 1 is 1.21 bits per heavy atom. The Labute approximate surface area is 115 Å². The van der Waals surface area contributed by atoms with Crippen molar-refractivity contribution in [1.29, 1.82) is 0 Å². The molecule has 102 valence electrons. The van der Waals surface area contributed by atoms with Crippen molar-refractivity contribution in [3.05, 3.63) is 29.3 Å². The zero-order valence-corrected chi connectivity index (χ0v) is 11.5. The molecular weight excluding hydrogens is 236 g/mol. The summed E-state index contributed by atoms with van der Waals surface area (Å²) in [5.74, 6) is 1.90. The van der Waals surface area contributed by atoms with Crippen molar-refractivity contribution in [1.82, 2.24) is 0 Å². The highest BCUT2D eigenvalue weighted by Crippen LogP contribution is 2.32. The van der Waals surface area contributed by atoms with E-state index in [9.17, 15) is 4.79 Å². The first-order valence-corrected chi connectivity index (χ1v) is 7.62. The van der Waals surface area contributed by atoms with E-state index in [0.29, 0.717) is 6.42 Å². The molecule has 0 atom stereocenters. The average Bonchev–Trinajstić information content (AvgIpc) is 2.94. The van der Waals surface area contributed by atoms with Crippen molar-refractivity contribution in [2.24, 2.45) is 5.92 Å². The molecule has 0 amide bonds. The molecule has 0 aromatic heterocycles. The number of Topliss-reactive ketones (excluding diaryl/α,β-unsaturated/α-hetero) is 1. The minimum Gasteiger partial charge on any atom is -0.492 e. The topological polar surface area (TPSA) is 26.3 Å². The van der Waals surface area contributed by atoms with E-state index in [1.807, 2.05) is 12.1 Å². The Hall–Kier alpha value is -1.31. The summed E-state index contributed by atoms with van der Waals surface area (Å²) in [6.45, 7) is 0.724. The van der Waals surface area contributed by atoms with Crippen molar-refractivity contribution >= 4 is 5.78 Å². The smallest absolute Gasteiger partial charge is 0.166 e. The van der Waals surface area contributed by atoms with E-state index >= 15 is 0 Å². The van der Waals surface area contributed by atoms with Gasteiger partial charge in [-0.2, -0.15) is 0 Å². The van der Waals surface area contributed by atoms with Gasteiger partial charge in [0, 0.05) is 12.8 Å². The molecule has 0 spiro atoms. The molecule has 2 nitrogen and oxygen atoms in total. The van der Waals surface area contributed by atoms with Gasteiger partial charge in [-0.3, -0.25) is 4.79 Å². The first-order valence-electron chi connectivity index (χ1n) is 7.62. The summed E-state index contributed by atoms with van der Waals surface area (Å²) >= 11 is 0. The van der Waals surface area contributed by atoms with E-state index in [-0.39, 0.29) is 5.78 Å². The number of hydrogen-bond donors (Lipinski definition) is 0. The Balaban J connectivity index is 1.62. The second-order valence-electron chi connectivity index (χ2n) is 5.86. The molecule has 3 rings (SSSR count). The van der Waals surface area contributed by atoms with Gasteiger partial charge in [0.15, 0.2) is 5.78 Å². The predicted molar refractivity (Wildman–Crippen MR) is 75.8 cm³/mol. The van der Waals surface area contributed by atoms with E-state index in [1.54, 1.807) is 0 Å². The maximum atomic E-state index is 12.4. The van der Waals surface area contributed by atoms with Gasteiger partial charge in [0.05, 0.1) is 12.2 Å². The quantitative estimate of drug-likeness (QED) is 0.758. The summed E-state index contributed by atoms with van der Waals surface area (Å²) in [6.07, 6.45) is 9.40. The SMILES string of the molecule is O=C(CCC1CCCCC1)c1cccc2c1OCC2. The second-order valence-corrected chi connectivity index (χ2v) is 5.86. The monoisotopic (exact) mass is 258 g/mol. The molecule has 0 radical (unpaired) electrons. The lowest BCUT2D eigenvalue weighted by Gasteiger charge is -2.21. The summed E-state index contributed by atoms with van der Waals surface area (Å²) in [7, 11) is 0. The Bertz CT molecular complexity index is 458. The Morgan fingerprint density at radius 3 is 2.89 bits per heavy atom. The van der Waals surface area contributed by atoms with Crippen LogP contribution in [0.25, 0.3) is 0 Å². The third kappa shape index (κ3) is 2.83. The summed E-state index contributed by atoms with van der Waals surface area (Å²) in [6, 6.07) is 5.98. The summed E-state index contributed by atoms with van der Waals surface area (Å²) in [5.41, 5.74) is 2.01. The maximum Gasteiger partial charge on any atom is 0.166 e. The number of benzene rings is 1. The Kier molecular flexibility index (Phi) is 3.86. The number of carbonyl (C=O) groups excluding carboxylic acids is 1. The van der Waals surface area contributed by atoms with E-state index < -0.39 is 0 Å². The molecule has 1 heterocycles. The summed E-state index contributed by atoms with van der Waals surface area (Å²) in [4.78, 5) is 12.4. The lowest BCUT2D eigenvalue weighted by molar-refractivity contribution is 0.0967. The van der Waals surface area contributed by atoms with Gasteiger partial charge < -0.3 is 4.74 Å². The highest BCUT2D eigenvalue weighted by atomic mass is 16.5. The van der Waals surface area contributed by atoms with Crippen LogP contribution in [0.3, 0.4) is 0 Å². The number of ether oxygens (including phenoxy) is 1. The maximum absolute atomic E-state index is 12.4. The summed E-state index contributed by atoms with van der Waals surface area (Å²) in [5, 5.41) is 0. The van der Waals surface area contributed by atoms with Crippen LogP contribution in [0.4, 0.5) is 0 Å². The minimum absolute atomic E-state index is 0.268. The molecule has 19 heavy (non-hydrogen) atoms. The molecule has 0 N–H and O–H groups in total. The molecule has 0 saturated heterocycles. The molecule has 1 aromatic rings.